The van der Waals surface area contributed by atoms with Gasteiger partial charge < -0.3 is 15.7 Å². The average Bonchev–Trinajstić information content (AvgIpc) is 2.64. The van der Waals surface area contributed by atoms with E-state index >= 15 is 0 Å². The van der Waals surface area contributed by atoms with E-state index in [1.54, 1.807) is 4.90 Å². The van der Waals surface area contributed by atoms with Gasteiger partial charge in [-0.2, -0.15) is 0 Å². The van der Waals surface area contributed by atoms with Crippen molar-refractivity contribution >= 4 is 5.91 Å². The number of nitrogens with two attached hydrogens (primary N) is 1. The molecule has 0 aromatic heterocycles. The van der Waals surface area contributed by atoms with Crippen LogP contribution in [0, 0.1) is 5.92 Å². The van der Waals surface area contributed by atoms with E-state index in [1.165, 1.54) is 0 Å². The Hall–Kier alpha value is -0.870. The molecule has 2 aliphatic rings. The maximum absolute atomic E-state index is 12.0. The molecule has 1 saturated heterocycles. The van der Waals surface area contributed by atoms with E-state index in [2.05, 4.69) is 0 Å². The Morgan fingerprint density at radius 2 is 2.27 bits per heavy atom. The molecule has 1 heterocycles. The van der Waals surface area contributed by atoms with Gasteiger partial charge in [0.2, 0.25) is 5.91 Å². The minimum Gasteiger partial charge on any atom is -0.391 e. The fraction of sp³-hybridized carbons (Fsp3) is 0.727. The molecule has 3 N–H and O–H groups in total. The Kier molecular flexibility index (Phi) is 3.07. The number of aliphatic hydroxyl groups is 1. The first-order valence-corrected chi connectivity index (χ1v) is 5.57. The van der Waals surface area contributed by atoms with E-state index in [-0.39, 0.29) is 24.0 Å². The van der Waals surface area contributed by atoms with Crippen LogP contribution >= 0.6 is 0 Å². The second kappa shape index (κ2) is 4.33. The number of β-amino-alcohol motifs (C(OH)–C–C–N with tert-alkyl or cyclic N) is 1. The summed E-state index contributed by atoms with van der Waals surface area (Å²) in [5, 5.41) is 9.49. The highest BCUT2D eigenvalue weighted by molar-refractivity contribution is 5.81. The van der Waals surface area contributed by atoms with E-state index in [0.29, 0.717) is 13.0 Å². The molecule has 4 nitrogen and oxygen atoms in total. The zero-order valence-corrected chi connectivity index (χ0v) is 8.80. The number of carbonyl (C=O) groups is 1. The lowest BCUT2D eigenvalue weighted by molar-refractivity contribution is -0.137. The van der Waals surface area contributed by atoms with Gasteiger partial charge >= 0.3 is 0 Å². The number of carbonyl (C=O) groups excluding carboxylic acids is 1. The highest BCUT2D eigenvalue weighted by Crippen LogP contribution is 2.21. The van der Waals surface area contributed by atoms with Gasteiger partial charge in [0.25, 0.3) is 0 Å². The van der Waals surface area contributed by atoms with Crippen molar-refractivity contribution < 1.29 is 9.90 Å². The molecular weight excluding hydrogens is 192 g/mol. The van der Waals surface area contributed by atoms with E-state index in [4.69, 9.17) is 5.73 Å². The molecule has 2 rings (SSSR count). The first-order valence-electron chi connectivity index (χ1n) is 5.57. The third-order valence-corrected chi connectivity index (χ3v) is 3.14. The Labute approximate surface area is 89.7 Å². The van der Waals surface area contributed by atoms with E-state index in [1.807, 2.05) is 12.2 Å². The summed E-state index contributed by atoms with van der Waals surface area (Å²) in [5.41, 5.74) is 5.71. The Balaban J connectivity index is 1.93. The normalized spacial score (nSPS) is 35.9. The van der Waals surface area contributed by atoms with Crippen LogP contribution in [0.4, 0.5) is 0 Å². The number of hydrogen-bond acceptors (Lipinski definition) is 3. The monoisotopic (exact) mass is 210 g/mol. The van der Waals surface area contributed by atoms with Crippen molar-refractivity contribution in [2.24, 2.45) is 11.7 Å². The molecule has 0 saturated carbocycles. The van der Waals surface area contributed by atoms with Crippen LogP contribution in [0.3, 0.4) is 0 Å². The van der Waals surface area contributed by atoms with Crippen molar-refractivity contribution in [3.63, 3.8) is 0 Å². The Morgan fingerprint density at radius 3 is 2.87 bits per heavy atom. The maximum atomic E-state index is 12.0. The lowest BCUT2D eigenvalue weighted by atomic mass is 10.0. The second-order valence-electron chi connectivity index (χ2n) is 4.47. The number of amides is 1. The summed E-state index contributed by atoms with van der Waals surface area (Å²) in [4.78, 5) is 13.8. The summed E-state index contributed by atoms with van der Waals surface area (Å²) in [6.07, 6.45) is 5.86. The molecule has 0 spiro atoms. The molecule has 3 atom stereocenters. The second-order valence-corrected chi connectivity index (χ2v) is 4.47. The molecule has 0 aromatic carbocycles. The summed E-state index contributed by atoms with van der Waals surface area (Å²) in [7, 11) is 0. The van der Waals surface area contributed by atoms with Crippen LogP contribution in [0.1, 0.15) is 19.3 Å². The lowest BCUT2D eigenvalue weighted by Gasteiger charge is -2.31. The summed E-state index contributed by atoms with van der Waals surface area (Å²) in [6, 6.07) is 0.0219. The molecule has 1 aliphatic carbocycles. The standard InChI is InChI=1S/C11H18N2O2/c12-9-4-3-8(6-9)11(15)13-5-1-2-10(14)7-13/h3-4,8-10,14H,1-2,5-7,12H2/t8?,9?,10-/m0/s1. The zero-order valence-electron chi connectivity index (χ0n) is 8.80. The Morgan fingerprint density at radius 1 is 1.47 bits per heavy atom. The average molecular weight is 210 g/mol. The van der Waals surface area contributed by atoms with Gasteiger partial charge in [0.1, 0.15) is 0 Å². The first kappa shape index (κ1) is 10.6. The molecule has 0 radical (unpaired) electrons. The maximum Gasteiger partial charge on any atom is 0.229 e. The van der Waals surface area contributed by atoms with Gasteiger partial charge in [0, 0.05) is 19.1 Å². The smallest absolute Gasteiger partial charge is 0.229 e. The molecule has 0 aromatic rings. The highest BCUT2D eigenvalue weighted by Gasteiger charge is 2.29. The third kappa shape index (κ3) is 2.38. The largest absolute Gasteiger partial charge is 0.391 e. The van der Waals surface area contributed by atoms with Gasteiger partial charge in [-0.05, 0) is 19.3 Å². The van der Waals surface area contributed by atoms with Crippen molar-refractivity contribution in [3.8, 4) is 0 Å². The van der Waals surface area contributed by atoms with E-state index in [0.717, 1.165) is 19.4 Å². The molecule has 0 bridgehead atoms. The van der Waals surface area contributed by atoms with Crippen LogP contribution in [0.15, 0.2) is 12.2 Å². The SMILES string of the molecule is NC1C=CC(C(=O)N2CCC[C@H](O)C2)C1. The first-order chi connectivity index (χ1) is 7.16. The number of aliphatic hydroxyl groups excluding tert-OH is 1. The number of nitrogens with zero attached hydrogens (tertiary/aromatic N) is 1. The predicted molar refractivity (Wildman–Crippen MR) is 57.0 cm³/mol. The third-order valence-electron chi connectivity index (χ3n) is 3.14. The minimum absolute atomic E-state index is 0.0219. The van der Waals surface area contributed by atoms with Gasteiger partial charge in [-0.15, -0.1) is 0 Å². The molecule has 1 aliphatic heterocycles. The van der Waals surface area contributed by atoms with Crippen molar-refractivity contribution in [2.75, 3.05) is 13.1 Å². The van der Waals surface area contributed by atoms with Crippen molar-refractivity contribution in [1.82, 2.24) is 4.90 Å². The van der Waals surface area contributed by atoms with Crippen LogP contribution in [0.25, 0.3) is 0 Å². The molecule has 15 heavy (non-hydrogen) atoms. The van der Waals surface area contributed by atoms with Crippen molar-refractivity contribution in [2.45, 2.75) is 31.4 Å². The van der Waals surface area contributed by atoms with Crippen LogP contribution in [-0.4, -0.2) is 41.1 Å². The molecule has 4 heteroatoms. The van der Waals surface area contributed by atoms with E-state index < -0.39 is 0 Å². The molecular formula is C11H18N2O2. The molecule has 1 fully saturated rings. The van der Waals surface area contributed by atoms with Crippen LogP contribution in [-0.2, 0) is 4.79 Å². The van der Waals surface area contributed by atoms with Gasteiger partial charge in [0.15, 0.2) is 0 Å². The van der Waals surface area contributed by atoms with Crippen molar-refractivity contribution in [3.05, 3.63) is 12.2 Å². The number of hydrogen-bond donors (Lipinski definition) is 2. The number of rotatable bonds is 1. The summed E-state index contributed by atoms with van der Waals surface area (Å²) in [5.74, 6) is 0.0586. The van der Waals surface area contributed by atoms with Gasteiger partial charge in [-0.25, -0.2) is 0 Å². The minimum atomic E-state index is -0.346. The lowest BCUT2D eigenvalue weighted by Crippen LogP contribution is -2.44. The summed E-state index contributed by atoms with van der Waals surface area (Å²) >= 11 is 0. The zero-order chi connectivity index (χ0) is 10.8. The molecule has 2 unspecified atom stereocenters. The van der Waals surface area contributed by atoms with Gasteiger partial charge in [0.05, 0.1) is 12.0 Å². The molecule has 84 valence electrons. The predicted octanol–water partition coefficient (Wildman–Crippen LogP) is -0.127. The van der Waals surface area contributed by atoms with Crippen LogP contribution < -0.4 is 5.73 Å². The van der Waals surface area contributed by atoms with E-state index in [9.17, 15) is 9.90 Å². The van der Waals surface area contributed by atoms with Crippen molar-refractivity contribution in [1.29, 1.82) is 0 Å². The number of piperidine rings is 1. The quantitative estimate of drug-likeness (QED) is 0.593. The topological polar surface area (TPSA) is 66.6 Å². The fourth-order valence-electron chi connectivity index (χ4n) is 2.30. The van der Waals surface area contributed by atoms with Crippen LogP contribution in [0.5, 0.6) is 0 Å². The highest BCUT2D eigenvalue weighted by atomic mass is 16.3. The summed E-state index contributed by atoms with van der Waals surface area (Å²) in [6.45, 7) is 1.26. The van der Waals surface area contributed by atoms with Gasteiger partial charge in [-0.1, -0.05) is 12.2 Å². The fourth-order valence-corrected chi connectivity index (χ4v) is 2.30. The Bertz CT molecular complexity index is 278. The van der Waals surface area contributed by atoms with Crippen LogP contribution in [0.2, 0.25) is 0 Å². The molecule has 1 amide bonds. The number of likely N-dealkylation sites (tertiary alicyclic amines) is 1. The summed E-state index contributed by atoms with van der Waals surface area (Å²) < 4.78 is 0. The van der Waals surface area contributed by atoms with Gasteiger partial charge in [-0.3, -0.25) is 4.79 Å².